The van der Waals surface area contributed by atoms with Gasteiger partial charge in [0.25, 0.3) is 0 Å². The summed E-state index contributed by atoms with van der Waals surface area (Å²) in [6, 6.07) is 0. The first-order chi connectivity index (χ1) is 9.97. The molecular formula is C14H22N2O5. The van der Waals surface area contributed by atoms with Crippen LogP contribution in [0.2, 0.25) is 0 Å². The molecule has 3 fully saturated rings. The molecule has 21 heavy (non-hydrogen) atoms. The van der Waals surface area contributed by atoms with Crippen LogP contribution in [-0.4, -0.2) is 31.4 Å². The Morgan fingerprint density at radius 2 is 2.10 bits per heavy atom. The van der Waals surface area contributed by atoms with Crippen molar-refractivity contribution in [2.75, 3.05) is 13.2 Å². The third kappa shape index (κ3) is 2.28. The summed E-state index contributed by atoms with van der Waals surface area (Å²) in [6.45, 7) is 2.46. The average Bonchev–Trinajstić information content (AvgIpc) is 2.40. The fraction of sp³-hybridized carbons (Fsp3) is 0.857. The quantitative estimate of drug-likeness (QED) is 0.717. The zero-order valence-electron chi connectivity index (χ0n) is 12.1. The zero-order valence-corrected chi connectivity index (χ0v) is 12.1. The molecule has 118 valence electrons. The van der Waals surface area contributed by atoms with Crippen LogP contribution in [0.5, 0.6) is 0 Å². The van der Waals surface area contributed by atoms with Gasteiger partial charge in [-0.05, 0) is 42.9 Å². The van der Waals surface area contributed by atoms with Gasteiger partial charge in [-0.1, -0.05) is 6.92 Å². The fourth-order valence-corrected chi connectivity index (χ4v) is 5.08. The monoisotopic (exact) mass is 298 g/mol. The van der Waals surface area contributed by atoms with Crippen LogP contribution in [0.15, 0.2) is 0 Å². The minimum atomic E-state index is -0.709. The molecular weight excluding hydrogens is 276 g/mol. The lowest BCUT2D eigenvalue weighted by atomic mass is 9.34. The maximum Gasteiger partial charge on any atom is 0.404 e. The zero-order chi connectivity index (χ0) is 15.2. The van der Waals surface area contributed by atoms with Crippen molar-refractivity contribution >= 4 is 12.1 Å². The molecule has 0 aliphatic heterocycles. The molecule has 0 bridgehead atoms. The molecule has 0 aromatic rings. The van der Waals surface area contributed by atoms with E-state index in [-0.39, 0.29) is 18.1 Å². The molecule has 0 aromatic carbocycles. The van der Waals surface area contributed by atoms with Crippen LogP contribution in [-0.2, 0) is 19.1 Å². The minimum Gasteiger partial charge on any atom is -0.449 e. The number of ether oxygens (including phenoxy) is 2. The molecule has 0 aromatic heterocycles. The first-order valence-corrected chi connectivity index (χ1v) is 7.40. The lowest BCUT2D eigenvalue weighted by molar-refractivity contribution is -0.275. The first-order valence-electron chi connectivity index (χ1n) is 7.40. The second-order valence-electron chi connectivity index (χ2n) is 6.81. The van der Waals surface area contributed by atoms with Gasteiger partial charge in [0.1, 0.15) is 6.61 Å². The van der Waals surface area contributed by atoms with E-state index in [1.165, 1.54) is 0 Å². The molecule has 0 spiro atoms. The van der Waals surface area contributed by atoms with Gasteiger partial charge in [0.15, 0.2) is 0 Å². The van der Waals surface area contributed by atoms with Crippen LogP contribution in [0, 0.1) is 29.1 Å². The normalized spacial score (nSPS) is 43.0. The smallest absolute Gasteiger partial charge is 0.404 e. The fourth-order valence-electron chi connectivity index (χ4n) is 5.08. The summed E-state index contributed by atoms with van der Waals surface area (Å²) in [6.07, 6.45) is 2.49. The molecule has 7 heteroatoms. The van der Waals surface area contributed by atoms with Crippen molar-refractivity contribution in [3.63, 3.8) is 0 Å². The maximum absolute atomic E-state index is 11.1. The number of hydrogen-bond acceptors (Lipinski definition) is 6. The Morgan fingerprint density at radius 3 is 2.76 bits per heavy atom. The van der Waals surface area contributed by atoms with Gasteiger partial charge in [0.05, 0.1) is 12.7 Å². The Morgan fingerprint density at radius 1 is 1.33 bits per heavy atom. The molecule has 1 amide bonds. The second kappa shape index (κ2) is 5.14. The summed E-state index contributed by atoms with van der Waals surface area (Å²) >= 11 is 0. The van der Waals surface area contributed by atoms with Crippen molar-refractivity contribution in [2.45, 2.75) is 32.3 Å². The molecule has 0 heterocycles. The van der Waals surface area contributed by atoms with Gasteiger partial charge in [-0.2, -0.15) is 5.90 Å². The summed E-state index contributed by atoms with van der Waals surface area (Å²) in [5.74, 6) is 6.31. The van der Waals surface area contributed by atoms with Gasteiger partial charge < -0.3 is 20.0 Å². The van der Waals surface area contributed by atoms with Crippen molar-refractivity contribution in [1.29, 1.82) is 0 Å². The number of hydrogen-bond donors (Lipinski definition) is 2. The number of nitrogens with two attached hydrogens (primary N) is 2. The molecule has 0 radical (unpaired) electrons. The van der Waals surface area contributed by atoms with Gasteiger partial charge in [-0.25, -0.2) is 9.59 Å². The van der Waals surface area contributed by atoms with Crippen molar-refractivity contribution in [2.24, 2.45) is 40.7 Å². The molecule has 3 rings (SSSR count). The maximum atomic E-state index is 11.1. The van der Waals surface area contributed by atoms with E-state index in [0.29, 0.717) is 30.3 Å². The molecule has 0 saturated heterocycles. The summed E-state index contributed by atoms with van der Waals surface area (Å²) < 4.78 is 10.8. The van der Waals surface area contributed by atoms with Gasteiger partial charge in [0, 0.05) is 5.41 Å². The number of amides is 1. The Balaban J connectivity index is 1.60. The van der Waals surface area contributed by atoms with E-state index >= 15 is 0 Å². The number of carbonyl (C=O) groups excluding carboxylic acids is 2. The van der Waals surface area contributed by atoms with Gasteiger partial charge in [0.2, 0.25) is 0 Å². The molecule has 7 nitrogen and oxygen atoms in total. The Hall–Kier alpha value is -1.34. The number of carbonyl (C=O) groups is 2. The van der Waals surface area contributed by atoms with Crippen LogP contribution in [0.1, 0.15) is 26.2 Å². The third-order valence-corrected chi connectivity index (χ3v) is 5.67. The van der Waals surface area contributed by atoms with Crippen LogP contribution >= 0.6 is 0 Å². The van der Waals surface area contributed by atoms with E-state index in [2.05, 4.69) is 11.8 Å². The van der Waals surface area contributed by atoms with Crippen LogP contribution in [0.4, 0.5) is 4.79 Å². The largest absolute Gasteiger partial charge is 0.449 e. The average molecular weight is 298 g/mol. The molecule has 3 aliphatic carbocycles. The minimum absolute atomic E-state index is 0.0485. The van der Waals surface area contributed by atoms with E-state index in [0.717, 1.165) is 19.3 Å². The number of primary amides is 1. The van der Waals surface area contributed by atoms with Crippen LogP contribution < -0.4 is 11.6 Å². The van der Waals surface area contributed by atoms with E-state index in [4.69, 9.17) is 21.1 Å². The van der Waals surface area contributed by atoms with Crippen molar-refractivity contribution < 1.29 is 23.9 Å². The van der Waals surface area contributed by atoms with E-state index in [1.54, 1.807) is 0 Å². The van der Waals surface area contributed by atoms with E-state index in [9.17, 15) is 9.59 Å². The van der Waals surface area contributed by atoms with Crippen molar-refractivity contribution in [1.82, 2.24) is 0 Å². The highest BCUT2D eigenvalue weighted by Gasteiger charge is 2.69. The molecule has 3 saturated carbocycles. The topological polar surface area (TPSA) is 114 Å². The third-order valence-electron chi connectivity index (χ3n) is 5.67. The standard InChI is InChI=1S/C14H22N2O5/c1-7-2-8-3-14(6-20-13(15)18)4-9(11(8)14)12(7)19-5-10(17)21-16/h7-9,11-12H,2-6,16H2,1H3,(H2,15,18). The summed E-state index contributed by atoms with van der Waals surface area (Å²) in [5.41, 5.74) is 5.16. The Bertz CT molecular complexity index is 457. The second-order valence-corrected chi connectivity index (χ2v) is 6.81. The first kappa shape index (κ1) is 14.6. The molecule has 6 unspecified atom stereocenters. The lowest BCUT2D eigenvalue weighted by Crippen LogP contribution is -2.69. The van der Waals surface area contributed by atoms with E-state index < -0.39 is 12.1 Å². The molecule has 3 aliphatic rings. The van der Waals surface area contributed by atoms with Crippen LogP contribution in [0.25, 0.3) is 0 Å². The predicted octanol–water partition coefficient (Wildman–Crippen LogP) is 0.566. The Labute approximate surface area is 123 Å². The predicted molar refractivity (Wildman–Crippen MR) is 71.5 cm³/mol. The summed E-state index contributed by atoms with van der Waals surface area (Å²) in [4.78, 5) is 26.1. The highest BCUT2D eigenvalue weighted by atomic mass is 16.7. The SMILES string of the molecule is CC1CC2CC3(COC(N)=O)CC(C1OCC(=O)ON)C23. The Kier molecular flexibility index (Phi) is 3.57. The van der Waals surface area contributed by atoms with Gasteiger partial charge in [-0.15, -0.1) is 0 Å². The van der Waals surface area contributed by atoms with Crippen molar-refractivity contribution in [3.05, 3.63) is 0 Å². The number of rotatable bonds is 5. The molecule has 6 atom stereocenters. The molecule has 4 N–H and O–H groups in total. The van der Waals surface area contributed by atoms with Crippen LogP contribution in [0.3, 0.4) is 0 Å². The summed E-state index contributed by atoms with van der Waals surface area (Å²) in [7, 11) is 0. The van der Waals surface area contributed by atoms with Crippen molar-refractivity contribution in [3.8, 4) is 0 Å². The highest BCUT2D eigenvalue weighted by molar-refractivity contribution is 5.70. The van der Waals surface area contributed by atoms with E-state index in [1.807, 2.05) is 0 Å². The van der Waals surface area contributed by atoms with Gasteiger partial charge in [-0.3, -0.25) is 0 Å². The summed E-state index contributed by atoms with van der Waals surface area (Å²) in [5, 5.41) is 0. The van der Waals surface area contributed by atoms with Gasteiger partial charge >= 0.3 is 12.1 Å². The lowest BCUT2D eigenvalue weighted by Gasteiger charge is -2.72. The highest BCUT2D eigenvalue weighted by Crippen LogP contribution is 2.72.